The van der Waals surface area contributed by atoms with E-state index in [-0.39, 0.29) is 5.91 Å². The first-order valence-electron chi connectivity index (χ1n) is 5.54. The standard InChI is InChI=1S/C10H19N5O/c1-4-15(5-2)7-6-11-10(16)9-8-14(3)13-12-9/h8H,4-7H2,1-3H3,(H,11,16). The van der Waals surface area contributed by atoms with E-state index in [1.54, 1.807) is 13.2 Å². The highest BCUT2D eigenvalue weighted by atomic mass is 16.2. The van der Waals surface area contributed by atoms with E-state index in [0.29, 0.717) is 12.2 Å². The molecule has 0 aliphatic carbocycles. The number of rotatable bonds is 6. The maximum Gasteiger partial charge on any atom is 0.273 e. The molecular weight excluding hydrogens is 206 g/mol. The molecule has 0 unspecified atom stereocenters. The van der Waals surface area contributed by atoms with Crippen molar-refractivity contribution >= 4 is 5.91 Å². The molecule has 0 aromatic carbocycles. The van der Waals surface area contributed by atoms with Gasteiger partial charge in [-0.1, -0.05) is 19.1 Å². The number of carbonyl (C=O) groups excluding carboxylic acids is 1. The number of amides is 1. The highest BCUT2D eigenvalue weighted by Crippen LogP contribution is 1.91. The molecule has 0 atom stereocenters. The quantitative estimate of drug-likeness (QED) is 0.733. The molecule has 1 aromatic heterocycles. The van der Waals surface area contributed by atoms with E-state index in [0.717, 1.165) is 19.6 Å². The Balaban J connectivity index is 2.30. The van der Waals surface area contributed by atoms with Gasteiger partial charge in [0.15, 0.2) is 5.69 Å². The lowest BCUT2D eigenvalue weighted by molar-refractivity contribution is 0.0944. The van der Waals surface area contributed by atoms with Gasteiger partial charge in [0, 0.05) is 20.1 Å². The lowest BCUT2D eigenvalue weighted by Crippen LogP contribution is -2.34. The predicted octanol–water partition coefficient (Wildman–Crippen LogP) is -0.113. The Hall–Kier alpha value is -1.43. The van der Waals surface area contributed by atoms with E-state index in [1.165, 1.54) is 4.68 Å². The van der Waals surface area contributed by atoms with Crippen LogP contribution in [0.1, 0.15) is 24.3 Å². The first kappa shape index (κ1) is 12.6. The lowest BCUT2D eigenvalue weighted by atomic mass is 10.4. The summed E-state index contributed by atoms with van der Waals surface area (Å²) < 4.78 is 1.51. The van der Waals surface area contributed by atoms with Crippen LogP contribution in [0.3, 0.4) is 0 Å². The Morgan fingerprint density at radius 3 is 2.69 bits per heavy atom. The zero-order valence-electron chi connectivity index (χ0n) is 10.1. The summed E-state index contributed by atoms with van der Waals surface area (Å²) in [5, 5.41) is 10.3. The van der Waals surface area contributed by atoms with E-state index in [2.05, 4.69) is 34.4 Å². The molecule has 0 saturated heterocycles. The van der Waals surface area contributed by atoms with Crippen molar-refractivity contribution in [2.24, 2.45) is 7.05 Å². The largest absolute Gasteiger partial charge is 0.349 e. The van der Waals surface area contributed by atoms with Crippen molar-refractivity contribution in [2.45, 2.75) is 13.8 Å². The Kier molecular flexibility index (Phi) is 4.91. The Morgan fingerprint density at radius 1 is 1.50 bits per heavy atom. The molecule has 0 radical (unpaired) electrons. The van der Waals surface area contributed by atoms with Gasteiger partial charge in [0.05, 0.1) is 6.20 Å². The topological polar surface area (TPSA) is 63.1 Å². The minimum atomic E-state index is -0.166. The molecule has 6 heteroatoms. The van der Waals surface area contributed by atoms with Crippen molar-refractivity contribution < 1.29 is 4.79 Å². The van der Waals surface area contributed by atoms with E-state index >= 15 is 0 Å². The average molecular weight is 225 g/mol. The predicted molar refractivity (Wildman–Crippen MR) is 61.1 cm³/mol. The van der Waals surface area contributed by atoms with Crippen LogP contribution in [0.4, 0.5) is 0 Å². The van der Waals surface area contributed by atoms with Crippen LogP contribution in [-0.2, 0) is 7.05 Å². The second-order valence-electron chi connectivity index (χ2n) is 3.56. The average Bonchev–Trinajstić information content (AvgIpc) is 2.71. The molecule has 1 N–H and O–H groups in total. The summed E-state index contributed by atoms with van der Waals surface area (Å²) in [4.78, 5) is 13.8. The molecule has 0 fully saturated rings. The molecule has 6 nitrogen and oxygen atoms in total. The van der Waals surface area contributed by atoms with E-state index in [1.807, 2.05) is 0 Å². The van der Waals surface area contributed by atoms with Crippen LogP contribution in [0.2, 0.25) is 0 Å². The number of nitrogens with one attached hydrogen (secondary N) is 1. The second-order valence-corrected chi connectivity index (χ2v) is 3.56. The van der Waals surface area contributed by atoms with Gasteiger partial charge in [0.1, 0.15) is 0 Å². The van der Waals surface area contributed by atoms with Crippen molar-refractivity contribution in [2.75, 3.05) is 26.2 Å². The van der Waals surface area contributed by atoms with Gasteiger partial charge in [-0.3, -0.25) is 9.48 Å². The molecule has 1 rings (SSSR count). The van der Waals surface area contributed by atoms with Gasteiger partial charge in [-0.25, -0.2) is 0 Å². The molecule has 0 aliphatic heterocycles. The number of aromatic nitrogens is 3. The van der Waals surface area contributed by atoms with Gasteiger partial charge in [0.25, 0.3) is 5.91 Å². The number of hydrogen-bond donors (Lipinski definition) is 1. The van der Waals surface area contributed by atoms with Crippen LogP contribution in [0.15, 0.2) is 6.20 Å². The zero-order valence-corrected chi connectivity index (χ0v) is 10.1. The summed E-state index contributed by atoms with van der Waals surface area (Å²) >= 11 is 0. The second kappa shape index (κ2) is 6.22. The summed E-state index contributed by atoms with van der Waals surface area (Å²) in [7, 11) is 1.74. The Labute approximate surface area is 95.6 Å². The van der Waals surface area contributed by atoms with Crippen LogP contribution >= 0.6 is 0 Å². The fraction of sp³-hybridized carbons (Fsp3) is 0.700. The Bertz CT molecular complexity index is 332. The van der Waals surface area contributed by atoms with E-state index < -0.39 is 0 Å². The number of nitrogens with zero attached hydrogens (tertiary/aromatic N) is 4. The molecular formula is C10H19N5O. The molecule has 1 heterocycles. The van der Waals surface area contributed by atoms with Crippen molar-refractivity contribution in [3.63, 3.8) is 0 Å². The van der Waals surface area contributed by atoms with Gasteiger partial charge >= 0.3 is 0 Å². The van der Waals surface area contributed by atoms with E-state index in [4.69, 9.17) is 0 Å². The van der Waals surface area contributed by atoms with Gasteiger partial charge in [-0.15, -0.1) is 5.10 Å². The number of likely N-dealkylation sites (N-methyl/N-ethyl adjacent to an activating group) is 1. The molecule has 1 aromatic rings. The fourth-order valence-electron chi connectivity index (χ4n) is 1.41. The van der Waals surface area contributed by atoms with Crippen molar-refractivity contribution in [1.29, 1.82) is 0 Å². The van der Waals surface area contributed by atoms with Crippen LogP contribution in [0.25, 0.3) is 0 Å². The summed E-state index contributed by atoms with van der Waals surface area (Å²) in [5.41, 5.74) is 0.363. The van der Waals surface area contributed by atoms with Crippen LogP contribution in [0.5, 0.6) is 0 Å². The summed E-state index contributed by atoms with van der Waals surface area (Å²) in [5.74, 6) is -0.166. The van der Waals surface area contributed by atoms with Crippen molar-refractivity contribution in [3.8, 4) is 0 Å². The number of carbonyl (C=O) groups is 1. The fourth-order valence-corrected chi connectivity index (χ4v) is 1.41. The molecule has 0 aliphatic rings. The zero-order chi connectivity index (χ0) is 12.0. The third kappa shape index (κ3) is 3.62. The molecule has 0 saturated carbocycles. The molecule has 0 bridgehead atoms. The molecule has 16 heavy (non-hydrogen) atoms. The highest BCUT2D eigenvalue weighted by molar-refractivity contribution is 5.91. The smallest absolute Gasteiger partial charge is 0.273 e. The molecule has 0 spiro atoms. The van der Waals surface area contributed by atoms with Gasteiger partial charge in [-0.2, -0.15) is 0 Å². The maximum absolute atomic E-state index is 11.6. The first-order chi connectivity index (χ1) is 7.67. The van der Waals surface area contributed by atoms with Gasteiger partial charge in [0.2, 0.25) is 0 Å². The van der Waals surface area contributed by atoms with Crippen molar-refractivity contribution in [1.82, 2.24) is 25.2 Å². The number of aryl methyl sites for hydroxylation is 1. The normalized spacial score (nSPS) is 10.8. The third-order valence-electron chi connectivity index (χ3n) is 2.44. The van der Waals surface area contributed by atoms with Gasteiger partial charge in [-0.05, 0) is 13.1 Å². The summed E-state index contributed by atoms with van der Waals surface area (Å²) in [6.07, 6.45) is 1.60. The molecule has 1 amide bonds. The van der Waals surface area contributed by atoms with E-state index in [9.17, 15) is 4.79 Å². The molecule has 90 valence electrons. The van der Waals surface area contributed by atoms with Gasteiger partial charge < -0.3 is 10.2 Å². The lowest BCUT2D eigenvalue weighted by Gasteiger charge is -2.17. The Morgan fingerprint density at radius 2 is 2.19 bits per heavy atom. The SMILES string of the molecule is CCN(CC)CCNC(=O)c1cn(C)nn1. The third-order valence-corrected chi connectivity index (χ3v) is 2.44. The highest BCUT2D eigenvalue weighted by Gasteiger charge is 2.09. The first-order valence-corrected chi connectivity index (χ1v) is 5.54. The maximum atomic E-state index is 11.6. The van der Waals surface area contributed by atoms with Crippen LogP contribution in [-0.4, -0.2) is 52.0 Å². The van der Waals surface area contributed by atoms with Crippen LogP contribution in [0, 0.1) is 0 Å². The number of hydrogen-bond acceptors (Lipinski definition) is 4. The van der Waals surface area contributed by atoms with Crippen LogP contribution < -0.4 is 5.32 Å². The minimum absolute atomic E-state index is 0.166. The van der Waals surface area contributed by atoms with Crippen molar-refractivity contribution in [3.05, 3.63) is 11.9 Å². The summed E-state index contributed by atoms with van der Waals surface area (Å²) in [6.45, 7) is 7.70. The summed E-state index contributed by atoms with van der Waals surface area (Å²) in [6, 6.07) is 0. The minimum Gasteiger partial charge on any atom is -0.349 e. The monoisotopic (exact) mass is 225 g/mol.